The van der Waals surface area contributed by atoms with Crippen molar-refractivity contribution in [2.45, 2.75) is 76.3 Å². The van der Waals surface area contributed by atoms with E-state index in [1.807, 2.05) is 6.92 Å². The van der Waals surface area contributed by atoms with Crippen LogP contribution in [0.5, 0.6) is 0 Å². The Balaban J connectivity index is 3.27. The van der Waals surface area contributed by atoms with E-state index in [1.54, 1.807) is 21.0 Å². The van der Waals surface area contributed by atoms with Gasteiger partial charge in [-0.15, -0.1) is 0 Å². The molecule has 1 N–H and O–H groups in total. The van der Waals surface area contributed by atoms with Crippen molar-refractivity contribution in [3.8, 4) is 0 Å². The molecule has 1 fully saturated rings. The molecule has 1 saturated heterocycles. The largest absolute Gasteiger partial charge is 0.467 e. The van der Waals surface area contributed by atoms with Gasteiger partial charge in [-0.2, -0.15) is 0 Å². The van der Waals surface area contributed by atoms with Crippen molar-refractivity contribution >= 4 is 12.3 Å². The second-order valence-electron chi connectivity index (χ2n) is 8.58. The highest BCUT2D eigenvalue weighted by atomic mass is 16.7. The van der Waals surface area contributed by atoms with Gasteiger partial charge < -0.3 is 43.1 Å². The summed E-state index contributed by atoms with van der Waals surface area (Å²) in [4.78, 5) is 23.4. The van der Waals surface area contributed by atoms with Crippen LogP contribution in [0.25, 0.3) is 0 Å². The molecule has 0 aromatic rings. The highest BCUT2D eigenvalue weighted by Crippen LogP contribution is 2.50. The number of methoxy groups -OCH3 is 5. The van der Waals surface area contributed by atoms with Crippen LogP contribution in [0.2, 0.25) is 0 Å². The molecular formula is C22H40O10. The van der Waals surface area contributed by atoms with E-state index in [1.165, 1.54) is 28.4 Å². The number of hydrogen-bond donors (Lipinski definition) is 1. The van der Waals surface area contributed by atoms with E-state index in [0.29, 0.717) is 12.7 Å². The Kier molecular flexibility index (Phi) is 11.7. The summed E-state index contributed by atoms with van der Waals surface area (Å²) in [6, 6.07) is 0. The Labute approximate surface area is 190 Å². The zero-order valence-corrected chi connectivity index (χ0v) is 20.5. The molecule has 10 nitrogen and oxygen atoms in total. The molecule has 7 atom stereocenters. The first kappa shape index (κ1) is 28.9. The van der Waals surface area contributed by atoms with Gasteiger partial charge in [-0.05, 0) is 0 Å². The average Bonchev–Trinajstić information content (AvgIpc) is 2.78. The minimum Gasteiger partial charge on any atom is -0.467 e. The lowest BCUT2D eigenvalue weighted by atomic mass is 9.68. The molecule has 0 aromatic carbocycles. The van der Waals surface area contributed by atoms with Crippen LogP contribution < -0.4 is 0 Å². The molecule has 0 amide bonds. The summed E-state index contributed by atoms with van der Waals surface area (Å²) < 4.78 is 39.0. The third kappa shape index (κ3) is 6.05. The first-order valence-corrected chi connectivity index (χ1v) is 10.7. The molecule has 1 aliphatic heterocycles. The van der Waals surface area contributed by atoms with Crippen molar-refractivity contribution in [3.05, 3.63) is 0 Å². The zero-order chi connectivity index (χ0) is 24.5. The first-order valence-electron chi connectivity index (χ1n) is 10.7. The van der Waals surface area contributed by atoms with Gasteiger partial charge in [0.1, 0.15) is 13.1 Å². The van der Waals surface area contributed by atoms with Crippen LogP contribution in [-0.2, 0) is 42.7 Å². The van der Waals surface area contributed by atoms with Crippen LogP contribution in [0.4, 0.5) is 0 Å². The summed E-state index contributed by atoms with van der Waals surface area (Å²) in [5, 5.41) is 10.8. The minimum atomic E-state index is -1.27. The Hall–Kier alpha value is -1.14. The maximum Gasteiger partial charge on any atom is 0.337 e. The van der Waals surface area contributed by atoms with Crippen molar-refractivity contribution in [2.75, 3.05) is 42.3 Å². The van der Waals surface area contributed by atoms with E-state index >= 15 is 0 Å². The third-order valence-corrected chi connectivity index (χ3v) is 6.59. The highest BCUT2D eigenvalue weighted by molar-refractivity contribution is 5.75. The smallest absolute Gasteiger partial charge is 0.337 e. The number of aliphatic hydroxyl groups excluding tert-OH is 1. The Bertz CT molecular complexity index is 583. The highest BCUT2D eigenvalue weighted by Gasteiger charge is 2.60. The fraction of sp³-hybridized carbons (Fsp3) is 0.909. The van der Waals surface area contributed by atoms with E-state index in [-0.39, 0.29) is 31.7 Å². The predicted octanol–water partition coefficient (Wildman–Crippen LogP) is 1.31. The van der Waals surface area contributed by atoms with Crippen LogP contribution in [0.3, 0.4) is 0 Å². The summed E-state index contributed by atoms with van der Waals surface area (Å²) in [7, 11) is 7.30. The molecule has 1 aliphatic rings. The van der Waals surface area contributed by atoms with Crippen molar-refractivity contribution in [1.82, 2.24) is 0 Å². The van der Waals surface area contributed by atoms with Crippen molar-refractivity contribution < 1.29 is 47.9 Å². The number of carbonyl (C=O) groups is 2. The molecule has 1 rings (SSSR count). The molecule has 0 saturated carbocycles. The number of esters is 1. The summed E-state index contributed by atoms with van der Waals surface area (Å²) in [6.45, 7) is 5.40. The molecule has 1 unspecified atom stereocenters. The molecule has 188 valence electrons. The van der Waals surface area contributed by atoms with E-state index in [9.17, 15) is 14.7 Å². The molecule has 10 heteroatoms. The number of rotatable bonds is 14. The van der Waals surface area contributed by atoms with Crippen LogP contribution in [-0.4, -0.2) is 96.0 Å². The van der Waals surface area contributed by atoms with E-state index in [0.717, 1.165) is 0 Å². The number of hydrogen-bond acceptors (Lipinski definition) is 10. The molecule has 0 bridgehead atoms. The SMILES string of the molecule is COCO[C@H](C(=O)OC)[C@@H](C[C@H]1C[C@@H](OC)[C@@H](C)C(OC)(C(C)(C)[C@@H](O)CC=O)O1)OC. The Morgan fingerprint density at radius 2 is 1.91 bits per heavy atom. The van der Waals surface area contributed by atoms with Gasteiger partial charge in [0.15, 0.2) is 11.9 Å². The number of aldehydes is 1. The van der Waals surface area contributed by atoms with Gasteiger partial charge in [-0.3, -0.25) is 0 Å². The lowest BCUT2D eigenvalue weighted by molar-refractivity contribution is -0.373. The molecular weight excluding hydrogens is 424 g/mol. The number of aliphatic hydroxyl groups is 1. The van der Waals surface area contributed by atoms with Crippen molar-refractivity contribution in [2.24, 2.45) is 11.3 Å². The van der Waals surface area contributed by atoms with Gasteiger partial charge >= 0.3 is 5.97 Å². The molecule has 0 aromatic heterocycles. The quantitative estimate of drug-likeness (QED) is 0.229. The maximum atomic E-state index is 12.3. The zero-order valence-electron chi connectivity index (χ0n) is 20.5. The van der Waals surface area contributed by atoms with Crippen LogP contribution in [0, 0.1) is 11.3 Å². The molecule has 32 heavy (non-hydrogen) atoms. The molecule has 0 radical (unpaired) electrons. The monoisotopic (exact) mass is 464 g/mol. The lowest BCUT2D eigenvalue weighted by Gasteiger charge is -2.56. The second kappa shape index (κ2) is 12.9. The standard InChI is InChI=1S/C22H40O10/c1-14-16(27-5)11-15(12-17(28-6)19(20(25)29-7)31-13-26-4)32-22(14,30-8)21(2,3)18(24)9-10-23/h10,14-19,24H,9,11-13H2,1-8H3/t14-,15-,16-,17-,18+,19+,22?/m1/s1. The third-order valence-electron chi connectivity index (χ3n) is 6.59. The van der Waals surface area contributed by atoms with Gasteiger partial charge in [-0.25, -0.2) is 4.79 Å². The Morgan fingerprint density at radius 3 is 2.38 bits per heavy atom. The summed E-state index contributed by atoms with van der Waals surface area (Å²) >= 11 is 0. The summed E-state index contributed by atoms with van der Waals surface area (Å²) in [5.41, 5.74) is -0.964. The number of carbonyl (C=O) groups excluding carboxylic acids is 2. The van der Waals surface area contributed by atoms with E-state index in [4.69, 9.17) is 33.2 Å². The van der Waals surface area contributed by atoms with E-state index < -0.39 is 41.6 Å². The first-order chi connectivity index (χ1) is 15.1. The van der Waals surface area contributed by atoms with Gasteiger partial charge in [0.05, 0.1) is 31.5 Å². The normalized spacial score (nSPS) is 29.2. The van der Waals surface area contributed by atoms with Crippen LogP contribution in [0.1, 0.15) is 40.0 Å². The van der Waals surface area contributed by atoms with Gasteiger partial charge in [0.2, 0.25) is 0 Å². The van der Waals surface area contributed by atoms with E-state index in [2.05, 4.69) is 0 Å². The minimum absolute atomic E-state index is 0.0630. The fourth-order valence-electron chi connectivity index (χ4n) is 4.60. The summed E-state index contributed by atoms with van der Waals surface area (Å²) in [6.07, 6.45) is -2.11. The fourth-order valence-corrected chi connectivity index (χ4v) is 4.60. The summed E-state index contributed by atoms with van der Waals surface area (Å²) in [5.74, 6) is -2.14. The average molecular weight is 465 g/mol. The van der Waals surface area contributed by atoms with Crippen LogP contribution >= 0.6 is 0 Å². The second-order valence-corrected chi connectivity index (χ2v) is 8.58. The lowest BCUT2D eigenvalue weighted by Crippen LogP contribution is -2.65. The topological polar surface area (TPSA) is 119 Å². The van der Waals surface area contributed by atoms with Gasteiger partial charge in [-0.1, -0.05) is 20.8 Å². The van der Waals surface area contributed by atoms with Crippen molar-refractivity contribution in [3.63, 3.8) is 0 Å². The maximum absolute atomic E-state index is 12.3. The van der Waals surface area contributed by atoms with Gasteiger partial charge in [0.25, 0.3) is 0 Å². The Morgan fingerprint density at radius 1 is 1.25 bits per heavy atom. The molecule has 1 heterocycles. The predicted molar refractivity (Wildman–Crippen MR) is 114 cm³/mol. The van der Waals surface area contributed by atoms with Crippen molar-refractivity contribution in [1.29, 1.82) is 0 Å². The molecule has 0 aliphatic carbocycles. The molecule has 0 spiro atoms. The number of ether oxygens (including phenoxy) is 7. The van der Waals surface area contributed by atoms with Crippen LogP contribution in [0.15, 0.2) is 0 Å². The van der Waals surface area contributed by atoms with Gasteiger partial charge in [0, 0.05) is 59.0 Å².